The van der Waals surface area contributed by atoms with Gasteiger partial charge in [0.05, 0.1) is 25.3 Å². The molecule has 0 heterocycles. The second-order valence-electron chi connectivity index (χ2n) is 7.09. The van der Waals surface area contributed by atoms with Gasteiger partial charge in [0.15, 0.2) is 6.54 Å². The largest absolute Gasteiger partial charge is 0.465 e. The van der Waals surface area contributed by atoms with E-state index in [1.54, 1.807) is 12.1 Å². The van der Waals surface area contributed by atoms with Crippen molar-refractivity contribution < 1.29 is 33.6 Å². The van der Waals surface area contributed by atoms with E-state index >= 15 is 0 Å². The number of benzene rings is 2. The molecule has 0 radical (unpaired) electrons. The van der Waals surface area contributed by atoms with Crippen LogP contribution in [0.5, 0.6) is 0 Å². The van der Waals surface area contributed by atoms with Gasteiger partial charge in [0.1, 0.15) is 11.9 Å². The minimum absolute atomic E-state index is 0.0385. The number of ether oxygens (including phenoxy) is 2. The van der Waals surface area contributed by atoms with Gasteiger partial charge in [-0.1, -0.05) is 26.0 Å². The van der Waals surface area contributed by atoms with Crippen molar-refractivity contribution >= 4 is 23.5 Å². The molecule has 0 spiro atoms. The van der Waals surface area contributed by atoms with E-state index in [9.17, 15) is 18.8 Å². The summed E-state index contributed by atoms with van der Waals surface area (Å²) in [7, 11) is 2.45. The summed E-state index contributed by atoms with van der Waals surface area (Å²) >= 11 is 0. The first-order chi connectivity index (χ1) is 14.2. The Morgan fingerprint density at radius 3 is 1.97 bits per heavy atom. The number of carbonyl (C=O) groups excluding carboxylic acids is 3. The Balaban J connectivity index is 2.13. The van der Waals surface area contributed by atoms with E-state index in [-0.39, 0.29) is 47.0 Å². The number of anilines is 1. The molecule has 0 aliphatic heterocycles. The van der Waals surface area contributed by atoms with E-state index in [2.05, 4.69) is 5.32 Å². The first-order valence-electron chi connectivity index (χ1n) is 9.45. The monoisotopic (exact) mass is 417 g/mol. The third-order valence-electron chi connectivity index (χ3n) is 4.59. The quantitative estimate of drug-likeness (QED) is 0.643. The van der Waals surface area contributed by atoms with Crippen LogP contribution in [0.3, 0.4) is 0 Å². The van der Waals surface area contributed by atoms with Crippen LogP contribution in [0.15, 0.2) is 42.5 Å². The highest BCUT2D eigenvalue weighted by Gasteiger charge is 2.21. The van der Waals surface area contributed by atoms with E-state index in [1.165, 1.54) is 44.6 Å². The number of quaternary nitrogens is 1. The van der Waals surface area contributed by atoms with Crippen molar-refractivity contribution in [3.63, 3.8) is 0 Å². The summed E-state index contributed by atoms with van der Waals surface area (Å²) in [5.74, 6) is -1.71. The fourth-order valence-corrected chi connectivity index (χ4v) is 3.10. The van der Waals surface area contributed by atoms with Crippen LogP contribution in [0.2, 0.25) is 0 Å². The van der Waals surface area contributed by atoms with E-state index in [0.717, 1.165) is 5.56 Å². The van der Waals surface area contributed by atoms with Gasteiger partial charge < -0.3 is 20.1 Å². The molecule has 2 aromatic rings. The summed E-state index contributed by atoms with van der Waals surface area (Å²) in [4.78, 5) is 36.2. The first kappa shape index (κ1) is 23.0. The molecule has 3 N–H and O–H groups in total. The minimum Gasteiger partial charge on any atom is -0.465 e. The van der Waals surface area contributed by atoms with Crippen LogP contribution >= 0.6 is 0 Å². The zero-order valence-corrected chi connectivity index (χ0v) is 17.4. The number of nitrogens with one attached hydrogen (secondary N) is 1. The van der Waals surface area contributed by atoms with Gasteiger partial charge >= 0.3 is 11.9 Å². The second kappa shape index (κ2) is 10.5. The van der Waals surface area contributed by atoms with Crippen molar-refractivity contribution in [2.24, 2.45) is 5.92 Å². The van der Waals surface area contributed by atoms with Crippen LogP contribution in [-0.2, 0) is 14.3 Å². The predicted molar refractivity (Wildman–Crippen MR) is 109 cm³/mol. The van der Waals surface area contributed by atoms with E-state index in [4.69, 9.17) is 9.47 Å². The van der Waals surface area contributed by atoms with Crippen molar-refractivity contribution in [1.29, 1.82) is 0 Å². The molecular formula is C22H26FN2O5+. The molecule has 8 heteroatoms. The molecule has 1 atom stereocenters. The van der Waals surface area contributed by atoms with Gasteiger partial charge in [0, 0.05) is 17.2 Å². The summed E-state index contributed by atoms with van der Waals surface area (Å²) in [6, 6.07) is 10.3. The van der Waals surface area contributed by atoms with E-state index in [0.29, 0.717) is 0 Å². The lowest BCUT2D eigenvalue weighted by molar-refractivity contribution is -0.692. The van der Waals surface area contributed by atoms with E-state index in [1.807, 2.05) is 19.2 Å². The Hall–Kier alpha value is -3.26. The predicted octanol–water partition coefficient (Wildman–Crippen LogP) is 2.30. The molecule has 0 saturated heterocycles. The summed E-state index contributed by atoms with van der Waals surface area (Å²) in [6.45, 7) is 4.13. The normalized spacial score (nSPS) is 11.7. The van der Waals surface area contributed by atoms with Gasteiger partial charge in [-0.25, -0.2) is 14.0 Å². The summed E-state index contributed by atoms with van der Waals surface area (Å²) in [6.07, 6.45) is 0. The zero-order valence-electron chi connectivity index (χ0n) is 17.4. The number of nitrogens with two attached hydrogens (primary N) is 1. The third-order valence-corrected chi connectivity index (χ3v) is 4.59. The Kier molecular flexibility index (Phi) is 8.06. The van der Waals surface area contributed by atoms with Crippen LogP contribution in [0.25, 0.3) is 0 Å². The van der Waals surface area contributed by atoms with Gasteiger partial charge in [-0.3, -0.25) is 4.79 Å². The van der Waals surface area contributed by atoms with Crippen LogP contribution in [0, 0.1) is 11.7 Å². The molecule has 7 nitrogen and oxygen atoms in total. The van der Waals surface area contributed by atoms with Gasteiger partial charge in [-0.2, -0.15) is 0 Å². The Labute approximate surface area is 174 Å². The number of halogens is 1. The molecular weight excluding hydrogens is 391 g/mol. The maximum atomic E-state index is 13.2. The molecule has 0 bridgehead atoms. The Morgan fingerprint density at radius 2 is 1.50 bits per heavy atom. The number of esters is 2. The minimum atomic E-state index is -0.640. The lowest BCUT2D eigenvalue weighted by Gasteiger charge is -2.19. The summed E-state index contributed by atoms with van der Waals surface area (Å²) < 4.78 is 22.6. The fraction of sp³-hybridized carbons (Fsp3) is 0.318. The first-order valence-corrected chi connectivity index (χ1v) is 9.45. The molecule has 1 amide bonds. The molecule has 0 fully saturated rings. The topological polar surface area (TPSA) is 98.3 Å². The number of rotatable bonds is 8. The number of hydrogen-bond acceptors (Lipinski definition) is 5. The van der Waals surface area contributed by atoms with Crippen LogP contribution < -0.4 is 10.6 Å². The molecule has 0 aromatic heterocycles. The average Bonchev–Trinajstić information content (AvgIpc) is 2.73. The molecule has 0 saturated carbocycles. The number of amides is 1. The SMILES string of the molecule is COC(=O)c1cc(NC(=O)C[NH2+][C@@H](c2ccc(F)cc2)C(C)C)cc(C(=O)OC)c1. The van der Waals surface area contributed by atoms with E-state index < -0.39 is 11.9 Å². The van der Waals surface area contributed by atoms with Gasteiger partial charge in [0.25, 0.3) is 5.91 Å². The molecule has 0 aliphatic rings. The highest BCUT2D eigenvalue weighted by Crippen LogP contribution is 2.19. The van der Waals surface area contributed by atoms with Gasteiger partial charge in [0.2, 0.25) is 0 Å². The molecule has 2 aromatic carbocycles. The standard InChI is InChI=1S/C22H25FN2O5/c1-13(2)20(14-5-7-17(23)8-6-14)24-12-19(26)25-18-10-15(21(27)29-3)9-16(11-18)22(28)30-4/h5-11,13,20,24H,12H2,1-4H3,(H,25,26)/p+1/t20-/m1/s1. The average molecular weight is 417 g/mol. The van der Waals surface area contributed by atoms with Crippen molar-refractivity contribution in [2.45, 2.75) is 19.9 Å². The maximum Gasteiger partial charge on any atom is 0.337 e. The molecule has 0 unspecified atom stereocenters. The number of carbonyl (C=O) groups is 3. The van der Waals surface area contributed by atoms with Crippen molar-refractivity contribution in [3.05, 3.63) is 65.0 Å². The Bertz CT molecular complexity index is 878. The van der Waals surface area contributed by atoms with Gasteiger partial charge in [-0.15, -0.1) is 0 Å². The highest BCUT2D eigenvalue weighted by atomic mass is 19.1. The maximum absolute atomic E-state index is 13.2. The number of methoxy groups -OCH3 is 2. The van der Waals surface area contributed by atoms with Crippen LogP contribution in [0.1, 0.15) is 46.2 Å². The van der Waals surface area contributed by atoms with Crippen LogP contribution in [-0.4, -0.2) is 38.6 Å². The van der Waals surface area contributed by atoms with Crippen molar-refractivity contribution in [3.8, 4) is 0 Å². The third kappa shape index (κ3) is 6.12. The van der Waals surface area contributed by atoms with Crippen molar-refractivity contribution in [2.75, 3.05) is 26.1 Å². The number of hydrogen-bond donors (Lipinski definition) is 2. The lowest BCUT2D eigenvalue weighted by Crippen LogP contribution is -2.88. The van der Waals surface area contributed by atoms with Crippen molar-refractivity contribution in [1.82, 2.24) is 0 Å². The molecule has 30 heavy (non-hydrogen) atoms. The Morgan fingerprint density at radius 1 is 0.967 bits per heavy atom. The second-order valence-corrected chi connectivity index (χ2v) is 7.09. The fourth-order valence-electron chi connectivity index (χ4n) is 3.10. The summed E-state index contributed by atoms with van der Waals surface area (Å²) in [5, 5.41) is 4.55. The molecule has 160 valence electrons. The van der Waals surface area contributed by atoms with Gasteiger partial charge in [-0.05, 0) is 30.3 Å². The smallest absolute Gasteiger partial charge is 0.337 e. The zero-order chi connectivity index (χ0) is 22.3. The summed E-state index contributed by atoms with van der Waals surface area (Å²) in [5.41, 5.74) is 1.43. The van der Waals surface area contributed by atoms with Crippen LogP contribution in [0.4, 0.5) is 10.1 Å². The highest BCUT2D eigenvalue weighted by molar-refractivity contribution is 5.99. The molecule has 0 aliphatic carbocycles. The lowest BCUT2D eigenvalue weighted by atomic mass is 9.96. The molecule has 2 rings (SSSR count).